The maximum atomic E-state index is 13.3. The third-order valence-corrected chi connectivity index (χ3v) is 6.86. The van der Waals surface area contributed by atoms with Gasteiger partial charge in [0.05, 0.1) is 4.90 Å². The molecule has 8 heteroatoms. The van der Waals surface area contributed by atoms with E-state index in [9.17, 15) is 22.4 Å². The minimum Gasteiger partial charge on any atom is -0.352 e. The molecule has 0 aliphatic rings. The van der Waals surface area contributed by atoms with E-state index in [4.69, 9.17) is 0 Å². The van der Waals surface area contributed by atoms with E-state index < -0.39 is 15.8 Å². The number of ketones is 1. The predicted octanol–water partition coefficient (Wildman–Crippen LogP) is 4.20. The Morgan fingerprint density at radius 2 is 1.53 bits per heavy atom. The van der Waals surface area contributed by atoms with Gasteiger partial charge in [0.15, 0.2) is 5.78 Å². The summed E-state index contributed by atoms with van der Waals surface area (Å²) in [6, 6.07) is 17.4. The summed E-state index contributed by atoms with van der Waals surface area (Å²) < 4.78 is 41.0. The molecular weight excluding hydrogens is 455 g/mol. The van der Waals surface area contributed by atoms with Crippen LogP contribution in [0.2, 0.25) is 0 Å². The predicted molar refractivity (Wildman–Crippen MR) is 128 cm³/mol. The van der Waals surface area contributed by atoms with Crippen LogP contribution in [0.15, 0.2) is 71.6 Å². The number of aryl methyl sites for hydroxylation is 2. The van der Waals surface area contributed by atoms with Crippen molar-refractivity contribution >= 4 is 21.7 Å². The van der Waals surface area contributed by atoms with Crippen LogP contribution in [-0.4, -0.2) is 20.1 Å². The molecule has 3 aromatic rings. The van der Waals surface area contributed by atoms with Crippen molar-refractivity contribution in [3.05, 3.63) is 100 Å². The summed E-state index contributed by atoms with van der Waals surface area (Å²) in [6.07, 6.45) is 0.131. The summed E-state index contributed by atoms with van der Waals surface area (Å²) in [5, 5.41) is 2.72. The molecule has 6 nitrogen and oxygen atoms in total. The van der Waals surface area contributed by atoms with Crippen LogP contribution < -0.4 is 10.0 Å². The lowest BCUT2D eigenvalue weighted by Crippen LogP contribution is -2.25. The summed E-state index contributed by atoms with van der Waals surface area (Å²) in [7, 11) is -3.82. The smallest absolute Gasteiger partial charge is 0.240 e. The largest absolute Gasteiger partial charge is 0.352 e. The van der Waals surface area contributed by atoms with Gasteiger partial charge >= 0.3 is 0 Å². The molecule has 34 heavy (non-hydrogen) atoms. The minimum absolute atomic E-state index is 0.0406. The molecule has 0 unspecified atom stereocenters. The normalized spacial score (nSPS) is 11.3. The summed E-state index contributed by atoms with van der Waals surface area (Å²) in [5.41, 5.74) is 3.81. The van der Waals surface area contributed by atoms with E-state index in [0.717, 1.165) is 11.1 Å². The number of nitrogens with one attached hydrogen (secondary N) is 2. The standard InChI is InChI=1S/C26H27FN2O4S/c1-18-9-10-22(13-19(18)2)25(30)11-12-26(31)28-16-21-6-4-8-24(15-21)34(32,33)29-17-20-5-3-7-23(27)14-20/h3-10,13-15,29H,11-12,16-17H2,1-2H3,(H,28,31). The van der Waals surface area contributed by atoms with E-state index in [1.54, 1.807) is 24.3 Å². The van der Waals surface area contributed by atoms with Gasteiger partial charge in [-0.05, 0) is 66.4 Å². The number of hydrogen-bond acceptors (Lipinski definition) is 4. The highest BCUT2D eigenvalue weighted by Crippen LogP contribution is 2.14. The van der Waals surface area contributed by atoms with Gasteiger partial charge < -0.3 is 5.32 Å². The molecule has 0 heterocycles. The number of sulfonamides is 1. The van der Waals surface area contributed by atoms with Crippen molar-refractivity contribution in [3.63, 3.8) is 0 Å². The number of amides is 1. The zero-order chi connectivity index (χ0) is 24.7. The number of carbonyl (C=O) groups excluding carboxylic acids is 2. The lowest BCUT2D eigenvalue weighted by atomic mass is 10.0. The van der Waals surface area contributed by atoms with Crippen LogP contribution in [-0.2, 0) is 27.9 Å². The van der Waals surface area contributed by atoms with Gasteiger partial charge in [0.25, 0.3) is 0 Å². The van der Waals surface area contributed by atoms with Crippen LogP contribution in [0.25, 0.3) is 0 Å². The number of Topliss-reactive ketones (excluding diaryl/α,β-unsaturated/α-hetero) is 1. The SMILES string of the molecule is Cc1ccc(C(=O)CCC(=O)NCc2cccc(S(=O)(=O)NCc3cccc(F)c3)c2)cc1C. The number of rotatable bonds is 10. The first-order chi connectivity index (χ1) is 16.1. The highest BCUT2D eigenvalue weighted by Gasteiger charge is 2.15. The van der Waals surface area contributed by atoms with E-state index >= 15 is 0 Å². The van der Waals surface area contributed by atoms with Crippen molar-refractivity contribution in [2.45, 2.75) is 44.7 Å². The Bertz CT molecular complexity index is 1310. The highest BCUT2D eigenvalue weighted by atomic mass is 32.2. The fourth-order valence-corrected chi connectivity index (χ4v) is 4.39. The van der Waals surface area contributed by atoms with Crippen LogP contribution >= 0.6 is 0 Å². The van der Waals surface area contributed by atoms with Gasteiger partial charge in [0.1, 0.15) is 5.82 Å². The van der Waals surface area contributed by atoms with Gasteiger partial charge in [-0.15, -0.1) is 0 Å². The molecular formula is C26H27FN2O4S. The van der Waals surface area contributed by atoms with Crippen molar-refractivity contribution in [3.8, 4) is 0 Å². The quantitative estimate of drug-likeness (QED) is 0.424. The Balaban J connectivity index is 1.52. The van der Waals surface area contributed by atoms with E-state index in [0.29, 0.717) is 16.7 Å². The van der Waals surface area contributed by atoms with Gasteiger partial charge in [-0.2, -0.15) is 0 Å². The molecule has 0 aromatic heterocycles. The van der Waals surface area contributed by atoms with Crippen LogP contribution in [0, 0.1) is 19.7 Å². The molecule has 0 spiro atoms. The number of benzene rings is 3. The van der Waals surface area contributed by atoms with E-state index in [1.807, 2.05) is 26.0 Å². The molecule has 0 bridgehead atoms. The van der Waals surface area contributed by atoms with Gasteiger partial charge in [0.2, 0.25) is 15.9 Å². The van der Waals surface area contributed by atoms with Gasteiger partial charge in [-0.1, -0.05) is 36.4 Å². The second-order valence-corrected chi connectivity index (χ2v) is 9.87. The third-order valence-electron chi connectivity index (χ3n) is 5.46. The molecule has 0 aliphatic carbocycles. The minimum atomic E-state index is -3.82. The first-order valence-electron chi connectivity index (χ1n) is 10.8. The van der Waals surface area contributed by atoms with Crippen molar-refractivity contribution in [2.24, 2.45) is 0 Å². The second kappa shape index (κ2) is 11.2. The monoisotopic (exact) mass is 482 g/mol. The van der Waals surface area contributed by atoms with Crippen LogP contribution in [0.3, 0.4) is 0 Å². The average molecular weight is 483 g/mol. The Morgan fingerprint density at radius 1 is 0.824 bits per heavy atom. The number of carbonyl (C=O) groups is 2. The fourth-order valence-electron chi connectivity index (χ4n) is 3.31. The highest BCUT2D eigenvalue weighted by molar-refractivity contribution is 7.89. The molecule has 0 aliphatic heterocycles. The molecule has 0 radical (unpaired) electrons. The maximum Gasteiger partial charge on any atom is 0.240 e. The summed E-state index contributed by atoms with van der Waals surface area (Å²) in [4.78, 5) is 24.6. The van der Waals surface area contributed by atoms with Gasteiger partial charge in [-0.3, -0.25) is 9.59 Å². The first kappa shape index (κ1) is 25.3. The molecule has 3 aromatic carbocycles. The third kappa shape index (κ3) is 7.07. The fraction of sp³-hybridized carbons (Fsp3) is 0.231. The Morgan fingerprint density at radius 3 is 2.24 bits per heavy atom. The van der Waals surface area contributed by atoms with Gasteiger partial charge in [-0.25, -0.2) is 17.5 Å². The van der Waals surface area contributed by atoms with Crippen molar-refractivity contribution < 1.29 is 22.4 Å². The lowest BCUT2D eigenvalue weighted by Gasteiger charge is -2.10. The molecule has 0 saturated carbocycles. The molecule has 2 N–H and O–H groups in total. The number of halogens is 1. The van der Waals surface area contributed by atoms with E-state index in [-0.39, 0.29) is 42.5 Å². The molecule has 0 atom stereocenters. The Hall–Kier alpha value is -3.36. The Kier molecular flexibility index (Phi) is 8.31. The van der Waals surface area contributed by atoms with Crippen LogP contribution in [0.1, 0.15) is 45.5 Å². The summed E-state index contributed by atoms with van der Waals surface area (Å²) >= 11 is 0. The average Bonchev–Trinajstić information content (AvgIpc) is 2.82. The van der Waals surface area contributed by atoms with Crippen molar-refractivity contribution in [1.29, 1.82) is 0 Å². The topological polar surface area (TPSA) is 92.3 Å². The molecule has 0 saturated heterocycles. The van der Waals surface area contributed by atoms with Crippen LogP contribution in [0.5, 0.6) is 0 Å². The van der Waals surface area contributed by atoms with Crippen LogP contribution in [0.4, 0.5) is 4.39 Å². The lowest BCUT2D eigenvalue weighted by molar-refractivity contribution is -0.121. The van der Waals surface area contributed by atoms with E-state index in [2.05, 4.69) is 10.0 Å². The van der Waals surface area contributed by atoms with Crippen molar-refractivity contribution in [2.75, 3.05) is 0 Å². The summed E-state index contributed by atoms with van der Waals surface area (Å²) in [5.74, 6) is -0.837. The maximum absolute atomic E-state index is 13.3. The Labute approximate surface area is 199 Å². The van der Waals surface area contributed by atoms with E-state index in [1.165, 1.54) is 30.3 Å². The molecule has 1 amide bonds. The molecule has 3 rings (SSSR count). The zero-order valence-corrected chi connectivity index (χ0v) is 19.9. The van der Waals surface area contributed by atoms with Crippen molar-refractivity contribution in [1.82, 2.24) is 10.0 Å². The molecule has 178 valence electrons. The second-order valence-electron chi connectivity index (χ2n) is 8.10. The first-order valence-corrected chi connectivity index (χ1v) is 12.3. The number of hydrogen-bond donors (Lipinski definition) is 2. The summed E-state index contributed by atoms with van der Waals surface area (Å²) in [6.45, 7) is 3.99. The molecule has 0 fully saturated rings. The zero-order valence-electron chi connectivity index (χ0n) is 19.1. The van der Waals surface area contributed by atoms with Gasteiger partial charge in [0, 0.05) is 31.5 Å².